The molecule has 0 N–H and O–H groups in total. The fourth-order valence-electron chi connectivity index (χ4n) is 1.50. The zero-order valence-corrected chi connectivity index (χ0v) is 8.55. The van der Waals surface area contributed by atoms with E-state index in [1.165, 1.54) is 0 Å². The number of benzene rings is 1. The molecular formula is C12H14FN. The Morgan fingerprint density at radius 1 is 1.21 bits per heavy atom. The number of nitriles is 1. The molecule has 0 bridgehead atoms. The van der Waals surface area contributed by atoms with Gasteiger partial charge in [0.25, 0.3) is 0 Å². The Balaban J connectivity index is 3.02. The van der Waals surface area contributed by atoms with E-state index in [9.17, 15) is 4.39 Å². The second kappa shape index (κ2) is 4.23. The Kier molecular flexibility index (Phi) is 3.24. The Morgan fingerprint density at radius 3 is 2.07 bits per heavy atom. The molecule has 0 radical (unpaired) electrons. The number of hydrogen-bond acceptors (Lipinski definition) is 1. The van der Waals surface area contributed by atoms with Crippen molar-refractivity contribution in [3.8, 4) is 6.07 Å². The van der Waals surface area contributed by atoms with E-state index in [0.29, 0.717) is 24.0 Å². The van der Waals surface area contributed by atoms with Crippen LogP contribution in [0.15, 0.2) is 24.3 Å². The highest BCUT2D eigenvalue weighted by molar-refractivity contribution is 5.34. The lowest BCUT2D eigenvalue weighted by molar-refractivity contribution is 0.151. The van der Waals surface area contributed by atoms with E-state index in [4.69, 9.17) is 5.26 Å². The molecule has 0 aliphatic rings. The summed E-state index contributed by atoms with van der Waals surface area (Å²) in [5.41, 5.74) is -0.00152. The second-order valence-electron chi connectivity index (χ2n) is 3.36. The molecule has 1 aromatic rings. The molecule has 1 aromatic carbocycles. The van der Waals surface area contributed by atoms with Gasteiger partial charge in [-0.15, -0.1) is 0 Å². The topological polar surface area (TPSA) is 23.8 Å². The SMILES string of the molecule is CCC(F)(CC)c1ccc(C#N)cc1. The van der Waals surface area contributed by atoms with Crippen molar-refractivity contribution < 1.29 is 4.39 Å². The smallest absolute Gasteiger partial charge is 0.135 e. The number of hydrogen-bond donors (Lipinski definition) is 0. The van der Waals surface area contributed by atoms with Crippen LogP contribution >= 0.6 is 0 Å². The monoisotopic (exact) mass is 191 g/mol. The quantitative estimate of drug-likeness (QED) is 0.716. The number of nitrogens with zero attached hydrogens (tertiary/aromatic N) is 1. The van der Waals surface area contributed by atoms with Gasteiger partial charge in [-0.25, -0.2) is 4.39 Å². The predicted octanol–water partition coefficient (Wildman–Crippen LogP) is 3.54. The van der Waals surface area contributed by atoms with Crippen LogP contribution in [0.2, 0.25) is 0 Å². The van der Waals surface area contributed by atoms with Crippen LogP contribution in [-0.4, -0.2) is 0 Å². The fourth-order valence-corrected chi connectivity index (χ4v) is 1.50. The minimum atomic E-state index is -1.24. The highest BCUT2D eigenvalue weighted by atomic mass is 19.1. The maximum Gasteiger partial charge on any atom is 0.135 e. The van der Waals surface area contributed by atoms with Crippen LogP contribution in [0.4, 0.5) is 4.39 Å². The fraction of sp³-hybridized carbons (Fsp3) is 0.417. The van der Waals surface area contributed by atoms with Gasteiger partial charge in [0, 0.05) is 0 Å². The normalized spacial score (nSPS) is 11.0. The zero-order valence-electron chi connectivity index (χ0n) is 8.55. The van der Waals surface area contributed by atoms with Gasteiger partial charge in [0.05, 0.1) is 11.6 Å². The zero-order chi connectivity index (χ0) is 10.6. The molecule has 14 heavy (non-hydrogen) atoms. The summed E-state index contributed by atoms with van der Waals surface area (Å²) in [4.78, 5) is 0. The van der Waals surface area contributed by atoms with Crippen molar-refractivity contribution in [1.82, 2.24) is 0 Å². The van der Waals surface area contributed by atoms with Crippen LogP contribution in [0.5, 0.6) is 0 Å². The molecular weight excluding hydrogens is 177 g/mol. The maximum atomic E-state index is 14.1. The van der Waals surface area contributed by atoms with E-state index >= 15 is 0 Å². The first-order valence-electron chi connectivity index (χ1n) is 4.86. The molecule has 0 atom stereocenters. The third-order valence-electron chi connectivity index (χ3n) is 2.65. The van der Waals surface area contributed by atoms with Gasteiger partial charge >= 0.3 is 0 Å². The van der Waals surface area contributed by atoms with Crippen molar-refractivity contribution in [2.45, 2.75) is 32.4 Å². The van der Waals surface area contributed by atoms with E-state index in [1.54, 1.807) is 24.3 Å². The minimum absolute atomic E-state index is 0.468. The van der Waals surface area contributed by atoms with Gasteiger partial charge in [-0.2, -0.15) is 5.26 Å². The van der Waals surface area contributed by atoms with Gasteiger partial charge in [0.15, 0.2) is 0 Å². The van der Waals surface area contributed by atoms with E-state index in [1.807, 2.05) is 19.9 Å². The first-order valence-corrected chi connectivity index (χ1v) is 4.86. The van der Waals surface area contributed by atoms with Crippen LogP contribution in [0.1, 0.15) is 37.8 Å². The maximum absolute atomic E-state index is 14.1. The molecule has 0 fully saturated rings. The molecule has 0 heterocycles. The van der Waals surface area contributed by atoms with Gasteiger partial charge in [0.2, 0.25) is 0 Å². The van der Waals surface area contributed by atoms with Crippen molar-refractivity contribution in [2.24, 2.45) is 0 Å². The lowest BCUT2D eigenvalue weighted by Gasteiger charge is -2.22. The third-order valence-corrected chi connectivity index (χ3v) is 2.65. The highest BCUT2D eigenvalue weighted by Crippen LogP contribution is 2.32. The summed E-state index contributed by atoms with van der Waals surface area (Å²) in [5, 5.41) is 8.60. The molecule has 1 rings (SSSR count). The summed E-state index contributed by atoms with van der Waals surface area (Å²) >= 11 is 0. The van der Waals surface area contributed by atoms with Gasteiger partial charge in [-0.1, -0.05) is 26.0 Å². The lowest BCUT2D eigenvalue weighted by atomic mass is 9.90. The molecule has 0 amide bonds. The van der Waals surface area contributed by atoms with E-state index in [-0.39, 0.29) is 0 Å². The summed E-state index contributed by atoms with van der Waals surface area (Å²) in [7, 11) is 0. The summed E-state index contributed by atoms with van der Waals surface area (Å²) in [6, 6.07) is 8.74. The van der Waals surface area contributed by atoms with Crippen LogP contribution in [0.3, 0.4) is 0 Å². The van der Waals surface area contributed by atoms with Gasteiger partial charge < -0.3 is 0 Å². The summed E-state index contributed by atoms with van der Waals surface area (Å²) in [5.74, 6) is 0. The van der Waals surface area contributed by atoms with Gasteiger partial charge in [-0.05, 0) is 30.5 Å². The average molecular weight is 191 g/mol. The molecule has 0 aliphatic carbocycles. The van der Waals surface area contributed by atoms with Crippen LogP contribution in [0.25, 0.3) is 0 Å². The molecule has 0 spiro atoms. The number of alkyl halides is 1. The van der Waals surface area contributed by atoms with Crippen LogP contribution in [0, 0.1) is 11.3 Å². The lowest BCUT2D eigenvalue weighted by Crippen LogP contribution is -2.17. The van der Waals surface area contributed by atoms with Crippen molar-refractivity contribution in [3.63, 3.8) is 0 Å². The number of rotatable bonds is 3. The van der Waals surface area contributed by atoms with Crippen molar-refractivity contribution >= 4 is 0 Å². The molecule has 0 saturated carbocycles. The number of halogens is 1. The van der Waals surface area contributed by atoms with E-state index < -0.39 is 5.67 Å². The first kappa shape index (κ1) is 10.7. The van der Waals surface area contributed by atoms with Crippen molar-refractivity contribution in [3.05, 3.63) is 35.4 Å². The molecule has 0 unspecified atom stereocenters. The third kappa shape index (κ3) is 1.93. The van der Waals surface area contributed by atoms with E-state index in [2.05, 4.69) is 0 Å². The minimum Gasteiger partial charge on any atom is -0.239 e. The van der Waals surface area contributed by atoms with Gasteiger partial charge in [-0.3, -0.25) is 0 Å². The van der Waals surface area contributed by atoms with Crippen LogP contribution in [-0.2, 0) is 5.67 Å². The van der Waals surface area contributed by atoms with Crippen LogP contribution < -0.4 is 0 Å². The Hall–Kier alpha value is -1.36. The molecule has 2 heteroatoms. The summed E-state index contributed by atoms with van der Waals surface area (Å²) < 4.78 is 14.1. The Morgan fingerprint density at radius 2 is 1.71 bits per heavy atom. The predicted molar refractivity (Wildman–Crippen MR) is 54.5 cm³/mol. The molecule has 0 aromatic heterocycles. The average Bonchev–Trinajstić information content (AvgIpc) is 2.28. The van der Waals surface area contributed by atoms with Crippen molar-refractivity contribution in [2.75, 3.05) is 0 Å². The second-order valence-corrected chi connectivity index (χ2v) is 3.36. The molecule has 0 saturated heterocycles. The Labute approximate surface area is 84.2 Å². The van der Waals surface area contributed by atoms with E-state index in [0.717, 1.165) is 0 Å². The van der Waals surface area contributed by atoms with Crippen molar-refractivity contribution in [1.29, 1.82) is 5.26 Å². The molecule has 74 valence electrons. The highest BCUT2D eigenvalue weighted by Gasteiger charge is 2.27. The summed E-state index contributed by atoms with van der Waals surface area (Å²) in [6.45, 7) is 3.67. The summed E-state index contributed by atoms with van der Waals surface area (Å²) in [6.07, 6.45) is 0.935. The first-order chi connectivity index (χ1) is 6.66. The molecule has 1 nitrogen and oxygen atoms in total. The largest absolute Gasteiger partial charge is 0.239 e. The molecule has 0 aliphatic heterocycles. The standard InChI is InChI=1S/C12H14FN/c1-3-12(13,4-2)11-7-5-10(9-14)6-8-11/h5-8H,3-4H2,1-2H3. The van der Waals surface area contributed by atoms with Gasteiger partial charge in [0.1, 0.15) is 5.67 Å². The Bertz CT molecular complexity index is 330.